The summed E-state index contributed by atoms with van der Waals surface area (Å²) in [7, 11) is 1.42. The van der Waals surface area contributed by atoms with Gasteiger partial charge in [-0.05, 0) is 23.6 Å². The second-order valence-electron chi connectivity index (χ2n) is 5.04. The topological polar surface area (TPSA) is 31.2 Å². The van der Waals surface area contributed by atoms with Gasteiger partial charge >= 0.3 is 5.97 Å². The Bertz CT molecular complexity index is 759. The number of rotatable bonds is 4. The van der Waals surface area contributed by atoms with Crippen LogP contribution in [-0.4, -0.2) is 17.6 Å². The van der Waals surface area contributed by atoms with E-state index in [4.69, 9.17) is 4.74 Å². The lowest BCUT2D eigenvalue weighted by atomic mass is 10.0. The molecule has 0 amide bonds. The summed E-state index contributed by atoms with van der Waals surface area (Å²) < 4.78 is 6.73. The average molecular weight is 279 g/mol. The van der Waals surface area contributed by atoms with Gasteiger partial charge in [0.05, 0.1) is 7.11 Å². The largest absolute Gasteiger partial charge is 0.468 e. The number of hydrogen-bond donors (Lipinski definition) is 0. The van der Waals surface area contributed by atoms with Gasteiger partial charge in [0.2, 0.25) is 0 Å². The van der Waals surface area contributed by atoms with Gasteiger partial charge in [-0.2, -0.15) is 0 Å². The molecule has 3 aromatic rings. The number of esters is 1. The third kappa shape index (κ3) is 2.82. The van der Waals surface area contributed by atoms with Crippen LogP contribution in [0.15, 0.2) is 60.8 Å². The molecule has 0 aliphatic heterocycles. The smallest absolute Gasteiger partial charge is 0.325 e. The Balaban J connectivity index is 2.00. The summed E-state index contributed by atoms with van der Waals surface area (Å²) in [5, 5.41) is 1.19. The number of carbonyl (C=O) groups excluding carboxylic acids is 1. The van der Waals surface area contributed by atoms with Gasteiger partial charge in [-0.15, -0.1) is 0 Å². The molecule has 0 aliphatic carbocycles. The molecule has 0 aliphatic rings. The Hall–Kier alpha value is -2.55. The van der Waals surface area contributed by atoms with Gasteiger partial charge in [0.15, 0.2) is 0 Å². The first-order chi connectivity index (χ1) is 10.3. The molecule has 0 atom stereocenters. The molecule has 0 spiro atoms. The van der Waals surface area contributed by atoms with Gasteiger partial charge in [-0.3, -0.25) is 4.79 Å². The monoisotopic (exact) mass is 279 g/mol. The summed E-state index contributed by atoms with van der Waals surface area (Å²) in [6.07, 6.45) is 2.91. The van der Waals surface area contributed by atoms with Crippen molar-refractivity contribution in [3.63, 3.8) is 0 Å². The predicted octanol–water partition coefficient (Wildman–Crippen LogP) is 3.41. The lowest BCUT2D eigenvalue weighted by Gasteiger charge is -2.02. The molecule has 0 radical (unpaired) electrons. The van der Waals surface area contributed by atoms with Gasteiger partial charge in [0.25, 0.3) is 0 Å². The molecular weight excluding hydrogens is 262 g/mol. The third-order valence-corrected chi connectivity index (χ3v) is 3.64. The van der Waals surface area contributed by atoms with E-state index in [9.17, 15) is 4.79 Å². The molecule has 0 fully saturated rings. The summed E-state index contributed by atoms with van der Waals surface area (Å²) in [4.78, 5) is 11.5. The molecule has 0 unspecified atom stereocenters. The van der Waals surface area contributed by atoms with Crippen LogP contribution in [-0.2, 0) is 22.5 Å². The highest BCUT2D eigenvalue weighted by atomic mass is 16.5. The minimum atomic E-state index is -0.234. The minimum Gasteiger partial charge on any atom is -0.468 e. The van der Waals surface area contributed by atoms with E-state index in [-0.39, 0.29) is 12.5 Å². The highest BCUT2D eigenvalue weighted by molar-refractivity contribution is 5.85. The van der Waals surface area contributed by atoms with Crippen LogP contribution in [0.25, 0.3) is 10.9 Å². The molecular formula is C18H17NO2. The molecule has 0 saturated heterocycles. The molecule has 2 aromatic carbocycles. The molecule has 1 heterocycles. The Morgan fingerprint density at radius 1 is 1.05 bits per heavy atom. The van der Waals surface area contributed by atoms with Crippen molar-refractivity contribution in [2.75, 3.05) is 7.11 Å². The molecule has 1 aromatic heterocycles. The van der Waals surface area contributed by atoms with E-state index < -0.39 is 0 Å². The van der Waals surface area contributed by atoms with Gasteiger partial charge in [-0.1, -0.05) is 48.5 Å². The van der Waals surface area contributed by atoms with Crippen LogP contribution in [0.1, 0.15) is 11.1 Å². The first kappa shape index (κ1) is 13.4. The fourth-order valence-corrected chi connectivity index (χ4v) is 2.61. The van der Waals surface area contributed by atoms with E-state index >= 15 is 0 Å². The van der Waals surface area contributed by atoms with Gasteiger partial charge in [0.1, 0.15) is 6.54 Å². The van der Waals surface area contributed by atoms with Crippen molar-refractivity contribution in [1.82, 2.24) is 4.57 Å². The van der Waals surface area contributed by atoms with Crippen LogP contribution in [0.5, 0.6) is 0 Å². The van der Waals surface area contributed by atoms with Crippen molar-refractivity contribution in [2.45, 2.75) is 13.0 Å². The van der Waals surface area contributed by atoms with E-state index in [1.54, 1.807) is 0 Å². The second-order valence-corrected chi connectivity index (χ2v) is 5.04. The lowest BCUT2D eigenvalue weighted by molar-refractivity contribution is -0.141. The van der Waals surface area contributed by atoms with Crippen molar-refractivity contribution < 1.29 is 9.53 Å². The standard InChI is InChI=1S/C18H17NO2/c1-21-18(20)13-19-12-15(11-14-7-3-2-4-8-14)16-9-5-6-10-17(16)19/h2-10,12H,11,13H2,1H3. The fourth-order valence-electron chi connectivity index (χ4n) is 2.61. The number of hydrogen-bond acceptors (Lipinski definition) is 2. The van der Waals surface area contributed by atoms with Gasteiger partial charge < -0.3 is 9.30 Å². The zero-order valence-corrected chi connectivity index (χ0v) is 12.0. The predicted molar refractivity (Wildman–Crippen MR) is 83.2 cm³/mol. The van der Waals surface area contributed by atoms with Crippen molar-refractivity contribution in [2.24, 2.45) is 0 Å². The van der Waals surface area contributed by atoms with Crippen LogP contribution in [0.4, 0.5) is 0 Å². The number of carbonyl (C=O) groups is 1. The maximum absolute atomic E-state index is 11.5. The number of benzene rings is 2. The molecule has 0 bridgehead atoms. The van der Waals surface area contributed by atoms with Crippen molar-refractivity contribution in [3.8, 4) is 0 Å². The van der Waals surface area contributed by atoms with E-state index in [2.05, 4.69) is 24.4 Å². The van der Waals surface area contributed by atoms with E-state index in [1.165, 1.54) is 23.6 Å². The maximum atomic E-state index is 11.5. The van der Waals surface area contributed by atoms with Crippen LogP contribution in [0, 0.1) is 0 Å². The van der Waals surface area contributed by atoms with Crippen LogP contribution >= 0.6 is 0 Å². The fraction of sp³-hybridized carbons (Fsp3) is 0.167. The summed E-state index contributed by atoms with van der Waals surface area (Å²) in [6, 6.07) is 18.5. The molecule has 0 saturated carbocycles. The first-order valence-electron chi connectivity index (χ1n) is 6.95. The molecule has 3 heteroatoms. The van der Waals surface area contributed by atoms with E-state index in [1.807, 2.05) is 41.0 Å². The summed E-state index contributed by atoms with van der Waals surface area (Å²) in [5.74, 6) is -0.234. The number of ether oxygens (including phenoxy) is 1. The summed E-state index contributed by atoms with van der Waals surface area (Å²) in [6.45, 7) is 0.242. The number of para-hydroxylation sites is 1. The number of fused-ring (bicyclic) bond motifs is 1. The third-order valence-electron chi connectivity index (χ3n) is 3.64. The minimum absolute atomic E-state index is 0.234. The van der Waals surface area contributed by atoms with E-state index in [0.29, 0.717) is 0 Å². The quantitative estimate of drug-likeness (QED) is 0.685. The SMILES string of the molecule is COC(=O)Cn1cc(Cc2ccccc2)c2ccccc21. The van der Waals surface area contributed by atoms with Crippen molar-refractivity contribution in [3.05, 3.63) is 71.9 Å². The lowest BCUT2D eigenvalue weighted by Crippen LogP contribution is -2.10. The van der Waals surface area contributed by atoms with Crippen LogP contribution in [0.2, 0.25) is 0 Å². The number of aromatic nitrogens is 1. The Morgan fingerprint density at radius 2 is 1.76 bits per heavy atom. The number of nitrogens with zero attached hydrogens (tertiary/aromatic N) is 1. The molecule has 106 valence electrons. The highest BCUT2D eigenvalue weighted by Crippen LogP contribution is 2.23. The van der Waals surface area contributed by atoms with Gasteiger partial charge in [0, 0.05) is 17.1 Å². The molecule has 3 nitrogen and oxygen atoms in total. The highest BCUT2D eigenvalue weighted by Gasteiger charge is 2.11. The zero-order valence-electron chi connectivity index (χ0n) is 12.0. The maximum Gasteiger partial charge on any atom is 0.325 e. The first-order valence-corrected chi connectivity index (χ1v) is 6.95. The summed E-state index contributed by atoms with van der Waals surface area (Å²) in [5.41, 5.74) is 3.55. The Kier molecular flexibility index (Phi) is 3.73. The van der Waals surface area contributed by atoms with E-state index in [0.717, 1.165) is 11.9 Å². The van der Waals surface area contributed by atoms with Crippen LogP contribution in [0.3, 0.4) is 0 Å². The molecule has 0 N–H and O–H groups in total. The Morgan fingerprint density at radius 3 is 2.52 bits per heavy atom. The summed E-state index contributed by atoms with van der Waals surface area (Å²) >= 11 is 0. The molecule has 21 heavy (non-hydrogen) atoms. The van der Waals surface area contributed by atoms with Gasteiger partial charge in [-0.25, -0.2) is 0 Å². The normalized spacial score (nSPS) is 10.7. The molecule has 3 rings (SSSR count). The Labute approximate surface area is 123 Å². The van der Waals surface area contributed by atoms with Crippen molar-refractivity contribution >= 4 is 16.9 Å². The second kappa shape index (κ2) is 5.83. The van der Waals surface area contributed by atoms with Crippen LogP contribution < -0.4 is 0 Å². The number of methoxy groups -OCH3 is 1. The van der Waals surface area contributed by atoms with Crippen molar-refractivity contribution in [1.29, 1.82) is 0 Å². The zero-order chi connectivity index (χ0) is 14.7. The average Bonchev–Trinajstić information content (AvgIpc) is 2.86.